The summed E-state index contributed by atoms with van der Waals surface area (Å²) in [5.74, 6) is -0.0554. The maximum absolute atomic E-state index is 12.0. The van der Waals surface area contributed by atoms with Crippen LogP contribution in [0, 0.1) is 5.53 Å². The van der Waals surface area contributed by atoms with Crippen LogP contribution in [0.1, 0.15) is 10.4 Å². The second kappa shape index (κ2) is 6.16. The summed E-state index contributed by atoms with van der Waals surface area (Å²) in [5, 5.41) is 3.51. The van der Waals surface area contributed by atoms with E-state index in [1.807, 2.05) is 6.07 Å². The molecule has 0 spiro atoms. The molecule has 1 amide bonds. The number of halogens is 1. The molecule has 0 aliphatic heterocycles. The number of nitrogens with one attached hydrogen (secondary N) is 1. The van der Waals surface area contributed by atoms with Gasteiger partial charge in [0.05, 0.1) is 11.1 Å². The first-order valence-corrected chi connectivity index (χ1v) is 6.09. The molecule has 0 radical (unpaired) electrons. The molecule has 20 heavy (non-hydrogen) atoms. The maximum Gasteiger partial charge on any atom is 0.370 e. The van der Waals surface area contributed by atoms with Crippen LogP contribution >= 0.6 is 11.6 Å². The molecule has 0 saturated carbocycles. The largest absolute Gasteiger partial charge is 0.370 e. The summed E-state index contributed by atoms with van der Waals surface area (Å²) in [7, 11) is 1.45. The molecule has 1 aromatic carbocycles. The van der Waals surface area contributed by atoms with Gasteiger partial charge in [0.25, 0.3) is 13.0 Å². The fourth-order valence-corrected chi connectivity index (χ4v) is 1.82. The van der Waals surface area contributed by atoms with Gasteiger partial charge < -0.3 is 0 Å². The number of carbonyl (C=O) groups excluding carboxylic acids is 2. The number of aliphatic imine (C=N–C) groups is 1. The van der Waals surface area contributed by atoms with Gasteiger partial charge in [-0.25, -0.2) is 5.53 Å². The highest BCUT2D eigenvalue weighted by atomic mass is 35.5. The number of rotatable bonds is 2. The van der Waals surface area contributed by atoms with E-state index in [1.165, 1.54) is 19.3 Å². The third kappa shape index (κ3) is 2.95. The molecule has 0 aromatic heterocycles. The third-order valence-electron chi connectivity index (χ3n) is 2.61. The molecule has 100 valence electrons. The summed E-state index contributed by atoms with van der Waals surface area (Å²) in [5.41, 5.74) is 8.03. The smallest absolute Gasteiger partial charge is 0.267 e. The van der Waals surface area contributed by atoms with Crippen LogP contribution < -0.4 is 0 Å². The number of amides is 1. The van der Waals surface area contributed by atoms with Crippen LogP contribution in [0.5, 0.6) is 0 Å². The molecule has 5 nitrogen and oxygen atoms in total. The fourth-order valence-electron chi connectivity index (χ4n) is 1.62. The lowest BCUT2D eigenvalue weighted by molar-refractivity contribution is -0.416. The van der Waals surface area contributed by atoms with Crippen molar-refractivity contribution in [3.05, 3.63) is 58.8 Å². The summed E-state index contributed by atoms with van der Waals surface area (Å²) >= 11 is 5.95. The van der Waals surface area contributed by atoms with Crippen LogP contribution in [-0.4, -0.2) is 24.5 Å². The molecule has 1 N–H and O–H groups in total. The molecule has 0 bridgehead atoms. The van der Waals surface area contributed by atoms with Crippen LogP contribution in [0.15, 0.2) is 63.3 Å². The average Bonchev–Trinajstić information content (AvgIpc) is 2.48. The number of allylic oxidation sites excluding steroid dienone is 3. The Labute approximate surface area is 120 Å². The summed E-state index contributed by atoms with van der Waals surface area (Å²) < 4.78 is 5.13. The van der Waals surface area contributed by atoms with Crippen LogP contribution in [0.25, 0.3) is 0 Å². The van der Waals surface area contributed by atoms with E-state index in [2.05, 4.69) is 10.1 Å². The van der Waals surface area contributed by atoms with E-state index in [0.717, 1.165) is 0 Å². The second-order valence-electron chi connectivity index (χ2n) is 3.87. The monoisotopic (exact) mass is 288 g/mol. The van der Waals surface area contributed by atoms with E-state index in [-0.39, 0.29) is 10.7 Å². The van der Waals surface area contributed by atoms with Crippen molar-refractivity contribution in [3.8, 4) is 0 Å². The zero-order valence-corrected chi connectivity index (χ0v) is 11.4. The van der Waals surface area contributed by atoms with Crippen molar-refractivity contribution in [2.45, 2.75) is 0 Å². The number of nitrogens with zero attached hydrogens (tertiary/aromatic N) is 2. The van der Waals surface area contributed by atoms with Gasteiger partial charge in [0, 0.05) is 5.56 Å². The molecule has 1 aliphatic rings. The minimum Gasteiger partial charge on any atom is -0.267 e. The zero-order valence-electron chi connectivity index (χ0n) is 10.6. The SMILES string of the molecule is C[O+]=C1C=C(N=N)C(Cl)=CC1=NC(=O)c1ccccc1. The summed E-state index contributed by atoms with van der Waals surface area (Å²) in [4.78, 5) is 16.0. The predicted octanol–water partition coefficient (Wildman–Crippen LogP) is 3.05. The molecule has 0 unspecified atom stereocenters. The van der Waals surface area contributed by atoms with Gasteiger partial charge in [0.1, 0.15) is 5.70 Å². The van der Waals surface area contributed by atoms with Gasteiger partial charge in [0.15, 0.2) is 5.71 Å². The second-order valence-corrected chi connectivity index (χ2v) is 4.28. The van der Waals surface area contributed by atoms with Gasteiger partial charge in [0.2, 0.25) is 0 Å². The van der Waals surface area contributed by atoms with Gasteiger partial charge in [-0.3, -0.25) is 9.22 Å². The Hall–Kier alpha value is -2.40. The Morgan fingerprint density at radius 3 is 2.55 bits per heavy atom. The summed E-state index contributed by atoms with van der Waals surface area (Å²) in [6.07, 6.45) is 2.92. The molecule has 1 aromatic rings. The first-order chi connectivity index (χ1) is 9.65. The molecule has 0 atom stereocenters. The number of carbonyl (C=O) groups is 1. The molecular weight excluding hydrogens is 278 g/mol. The Kier molecular flexibility index (Phi) is 4.32. The van der Waals surface area contributed by atoms with E-state index in [0.29, 0.717) is 17.1 Å². The maximum atomic E-state index is 12.0. The number of hydrogen-bond acceptors (Lipinski definition) is 3. The Bertz CT molecular complexity index is 673. The van der Waals surface area contributed by atoms with E-state index in [9.17, 15) is 4.79 Å². The molecular formula is C14H11ClN3O2+. The van der Waals surface area contributed by atoms with E-state index >= 15 is 0 Å². The van der Waals surface area contributed by atoms with Crippen LogP contribution in [0.3, 0.4) is 0 Å². The lowest BCUT2D eigenvalue weighted by Crippen LogP contribution is -2.18. The van der Waals surface area contributed by atoms with E-state index in [1.54, 1.807) is 24.3 Å². The predicted molar refractivity (Wildman–Crippen MR) is 76.3 cm³/mol. The molecule has 0 heterocycles. The number of hydrogen-bond donors (Lipinski definition) is 1. The zero-order chi connectivity index (χ0) is 14.5. The van der Waals surface area contributed by atoms with Gasteiger partial charge in [-0.1, -0.05) is 29.8 Å². The van der Waals surface area contributed by atoms with Crippen LogP contribution in [0.4, 0.5) is 0 Å². The van der Waals surface area contributed by atoms with Gasteiger partial charge in [-0.15, -0.1) is 0 Å². The van der Waals surface area contributed by atoms with Crippen molar-refractivity contribution in [1.29, 1.82) is 5.53 Å². The summed E-state index contributed by atoms with van der Waals surface area (Å²) in [6.45, 7) is 0. The van der Waals surface area contributed by atoms with Crippen molar-refractivity contribution in [1.82, 2.24) is 0 Å². The molecule has 2 rings (SSSR count). The van der Waals surface area contributed by atoms with Crippen molar-refractivity contribution < 1.29 is 9.22 Å². The molecule has 1 aliphatic carbocycles. The number of benzene rings is 1. The minimum absolute atomic E-state index is 0.236. The normalized spacial score (nSPS) is 18.7. The quantitative estimate of drug-likeness (QED) is 0.507. The van der Waals surface area contributed by atoms with E-state index in [4.69, 9.17) is 21.6 Å². The van der Waals surface area contributed by atoms with Crippen molar-refractivity contribution in [3.63, 3.8) is 0 Å². The standard InChI is InChI=1S/C14H11ClN3O2/c1-20-13-8-11(18-16)10(15)7-12(13)17-14(19)9-5-3-2-4-6-9/h2-8,16H,1H3/q+1. The first kappa shape index (κ1) is 14.0. The lowest BCUT2D eigenvalue weighted by Gasteiger charge is -2.03. The van der Waals surface area contributed by atoms with Gasteiger partial charge in [-0.2, -0.15) is 10.1 Å². The highest BCUT2D eigenvalue weighted by Gasteiger charge is 2.25. The van der Waals surface area contributed by atoms with E-state index < -0.39 is 5.91 Å². The highest BCUT2D eigenvalue weighted by Crippen LogP contribution is 2.20. The van der Waals surface area contributed by atoms with Crippen molar-refractivity contribution >= 4 is 29.0 Å². The Balaban J connectivity index is 2.38. The van der Waals surface area contributed by atoms with Crippen molar-refractivity contribution in [2.75, 3.05) is 7.11 Å². The van der Waals surface area contributed by atoms with Crippen LogP contribution in [0.2, 0.25) is 0 Å². The Morgan fingerprint density at radius 1 is 1.25 bits per heavy atom. The lowest BCUT2D eigenvalue weighted by atomic mass is 10.1. The van der Waals surface area contributed by atoms with Crippen LogP contribution in [-0.2, 0) is 4.42 Å². The van der Waals surface area contributed by atoms with Gasteiger partial charge >= 0.3 is 5.78 Å². The third-order valence-corrected chi connectivity index (χ3v) is 2.91. The minimum atomic E-state index is -0.393. The fraction of sp³-hybridized carbons (Fsp3) is 0.0714. The van der Waals surface area contributed by atoms with Gasteiger partial charge in [-0.05, 0) is 18.2 Å². The summed E-state index contributed by atoms with van der Waals surface area (Å²) in [6, 6.07) is 8.68. The first-order valence-electron chi connectivity index (χ1n) is 5.72. The van der Waals surface area contributed by atoms with Crippen molar-refractivity contribution in [2.24, 2.45) is 10.1 Å². The topological polar surface area (TPSA) is 76.9 Å². The molecule has 6 heteroatoms. The highest BCUT2D eigenvalue weighted by molar-refractivity contribution is 6.53. The Morgan fingerprint density at radius 2 is 1.95 bits per heavy atom. The molecule has 0 saturated heterocycles. The number of ketones is 1. The average molecular weight is 289 g/mol. The molecule has 0 fully saturated rings.